The molecule has 1 saturated carbocycles. The molecule has 20 aromatic rings. The van der Waals surface area contributed by atoms with Crippen molar-refractivity contribution in [1.29, 1.82) is 0 Å². The Morgan fingerprint density at radius 1 is 0.434 bits per heavy atom. The van der Waals surface area contributed by atoms with Crippen LogP contribution in [-0.2, 0) is 28.9 Å². The maximum absolute atomic E-state index is 10.7. The maximum atomic E-state index is 10.7. The number of anilines is 6. The van der Waals surface area contributed by atoms with Crippen molar-refractivity contribution >= 4 is 165 Å². The molecule has 3 aromatic carbocycles. The van der Waals surface area contributed by atoms with Crippen molar-refractivity contribution in [2.24, 2.45) is 5.92 Å². The number of aryl methyl sites for hydroxylation is 8. The van der Waals surface area contributed by atoms with Crippen molar-refractivity contribution in [1.82, 2.24) is 127 Å². The molecular weight excluding hydrogens is 1870 g/mol. The number of nitrogens with one attached hydrogen (secondary N) is 14. The summed E-state index contributed by atoms with van der Waals surface area (Å²) >= 11 is 11.9. The number of hydrogen-bond acceptors (Lipinski definition) is 28. The van der Waals surface area contributed by atoms with Gasteiger partial charge < -0.3 is 60.4 Å². The zero-order chi connectivity index (χ0) is 99.4. The predicted molar refractivity (Wildman–Crippen MR) is 568 cm³/mol. The van der Waals surface area contributed by atoms with Gasteiger partial charge in [-0.2, -0.15) is 54.3 Å². The highest BCUT2D eigenvalue weighted by Crippen LogP contribution is 2.36. The first-order valence-electron chi connectivity index (χ1n) is 47.2. The fourth-order valence-electron chi connectivity index (χ4n) is 16.5. The second-order valence-electron chi connectivity index (χ2n) is 34.5. The lowest BCUT2D eigenvalue weighted by molar-refractivity contribution is -0.118. The normalized spacial score (nSPS) is 13.9. The number of nitrogens with zero attached hydrogens (tertiary/aromatic N) is 16. The minimum absolute atomic E-state index is 0. The van der Waals surface area contributed by atoms with Gasteiger partial charge in [0.25, 0.3) is 0 Å². The number of H-pyrrole nitrogens is 8. The zero-order valence-electron chi connectivity index (χ0n) is 81.8. The number of halogens is 2. The number of rotatable bonds is 26. The number of aliphatic hydroxyl groups is 1. The zero-order valence-corrected chi connectivity index (χ0v) is 84.3. The second-order valence-corrected chi connectivity index (χ2v) is 35.3. The molecule has 40 heteroatoms. The van der Waals surface area contributed by atoms with E-state index in [2.05, 4.69) is 198 Å². The number of aromatic nitrogens is 24. The van der Waals surface area contributed by atoms with Crippen molar-refractivity contribution in [2.45, 2.75) is 165 Å². The number of amides is 1. The number of furan rings is 1. The molecule has 1 saturated heterocycles. The lowest BCUT2D eigenvalue weighted by Crippen LogP contribution is -2.26. The first kappa shape index (κ1) is 103. The van der Waals surface area contributed by atoms with E-state index in [9.17, 15) is 4.79 Å². The van der Waals surface area contributed by atoms with Gasteiger partial charge in [0.05, 0.1) is 116 Å². The van der Waals surface area contributed by atoms with E-state index >= 15 is 0 Å². The molecule has 5 atom stereocenters. The van der Waals surface area contributed by atoms with E-state index < -0.39 is 0 Å². The summed E-state index contributed by atoms with van der Waals surface area (Å²) in [6.07, 6.45) is 24.7. The number of carbonyl (C=O) groups excluding carboxylic acids is 1. The van der Waals surface area contributed by atoms with Gasteiger partial charge in [-0.3, -0.25) is 45.6 Å². The molecular formula is C103H120Cl2N30O7S. The van der Waals surface area contributed by atoms with Crippen molar-refractivity contribution < 1.29 is 33.3 Å². The number of pyridine rings is 8. The second kappa shape index (κ2) is 50.6. The van der Waals surface area contributed by atoms with Crippen molar-refractivity contribution in [3.63, 3.8) is 0 Å². The summed E-state index contributed by atoms with van der Waals surface area (Å²) in [4.78, 5) is 45.3. The number of carbonyl (C=O) groups is 1. The van der Waals surface area contributed by atoms with Crippen molar-refractivity contribution in [3.8, 4) is 17.6 Å². The Hall–Kier alpha value is -15.4. The van der Waals surface area contributed by atoms with Crippen LogP contribution in [0.2, 0.25) is 10.0 Å². The predicted octanol–water partition coefficient (Wildman–Crippen LogP) is 20.0. The standard InChI is InChI=1S/2C16H17N3O.C13H10Cl2N4.C13H17N3O.C12H16N4O.C12H12N4O.C11H15N5O.C10H14N4O.H2S/c2*1-11(10-13-6-4-3-5-7-13)20-16-15-12(2)18-19-14(15)8-9-17-16;1-7-12-11(19-18-7)4-5-16-13(12)17-8-2-3-9(14)10(15)6-8;1-8-4-3-5-11(8)17-13-12-9(2)15-16-10(12)6-7-14-13;2*1-8-11-10(16-15-8)4-5-13-12(11)14-7-9-3-2-6-17-9;1-7-10-9(16-15-7)3-4-13-11(10)14-6-5-12-8(2)17;1-7-9-8(14-13-7)3-5-12-10(9)11-4-2-6-15;/h2*3-9,11H,10H2,1-2H3,(H,18,19);2-6H,1H3,(H,16,17)(H,18,19);6-8,11H,3-5H2,1-2H3,(H,15,16);4-5,9H,2-3,6-7H2,1H3,(H,13,14)(H,15,16);2-6H,7H2,1H3,(H,13,14)(H,15,16);3-4H,5-6H2,1-2H3,(H,12,17)(H,13,14)(H,15,16);3,5,15H,2,4,6H2,1H3,(H,11,12)(H,13,14);1H2/t2*11-;;8-,11-;;;;;/m10.1...../s1. The fraction of sp³-hybridized carbons (Fsp3) is 0.311. The number of hydrogen-bond donors (Lipinski definition) is 15. The van der Waals surface area contributed by atoms with Crippen molar-refractivity contribution in [3.05, 3.63) is 268 Å². The molecule has 1 aliphatic heterocycles. The fourth-order valence-corrected chi connectivity index (χ4v) is 16.8. The van der Waals surface area contributed by atoms with Crippen LogP contribution >= 0.6 is 36.7 Å². The molecule has 744 valence electrons. The van der Waals surface area contributed by atoms with Gasteiger partial charge in [-0.15, -0.1) is 0 Å². The van der Waals surface area contributed by atoms with Gasteiger partial charge in [0.2, 0.25) is 23.5 Å². The van der Waals surface area contributed by atoms with E-state index in [0.717, 1.165) is 231 Å². The largest absolute Gasteiger partial charge is 0.474 e. The Morgan fingerprint density at radius 3 is 1.22 bits per heavy atom. The van der Waals surface area contributed by atoms with Gasteiger partial charge in [-0.1, -0.05) is 90.8 Å². The van der Waals surface area contributed by atoms with Crippen LogP contribution in [0.15, 0.2) is 200 Å². The monoisotopic (exact) mass is 1990 g/mol. The van der Waals surface area contributed by atoms with Gasteiger partial charge in [0.15, 0.2) is 0 Å². The van der Waals surface area contributed by atoms with Crippen LogP contribution in [0.3, 0.4) is 0 Å². The highest BCUT2D eigenvalue weighted by Gasteiger charge is 2.28. The van der Waals surface area contributed by atoms with Gasteiger partial charge in [-0.25, -0.2) is 39.9 Å². The number of aromatic amines is 8. The van der Waals surface area contributed by atoms with Crippen LogP contribution in [0.25, 0.3) is 87.2 Å². The Balaban J connectivity index is 0.000000130. The summed E-state index contributed by atoms with van der Waals surface area (Å²) in [7, 11) is 0. The van der Waals surface area contributed by atoms with E-state index in [4.69, 9.17) is 51.7 Å². The lowest BCUT2D eigenvalue weighted by atomic mass is 10.1. The van der Waals surface area contributed by atoms with Crippen molar-refractivity contribution in [2.75, 3.05) is 66.0 Å². The Kier molecular flexibility index (Phi) is 36.6. The van der Waals surface area contributed by atoms with Crippen LogP contribution in [0.1, 0.15) is 129 Å². The number of benzene rings is 3. The minimum atomic E-state index is -0.0301. The van der Waals surface area contributed by atoms with Crippen LogP contribution in [0.5, 0.6) is 17.6 Å². The van der Waals surface area contributed by atoms with E-state index in [1.807, 2.05) is 159 Å². The van der Waals surface area contributed by atoms with E-state index in [1.165, 1.54) is 30.9 Å². The SMILES string of the molecule is CC(=O)NCCNc1nccc2n[nH]c(C)c12.Cc1[nH]nc2ccnc(NCC3CCCO3)c12.Cc1[nH]nc2ccnc(NCCCO)c12.Cc1[nH]nc2ccnc(NCc3ccco3)c12.Cc1[nH]nc2ccnc(Nc3ccc(Cl)c(Cl)c3)c12.Cc1[nH]nc2ccnc(O[C@@H](C)Cc3ccccc3)c12.Cc1[nH]nc2ccnc(O[C@@H]3CCC[C@H]3C)c12.Cc1[nH]nc2ccnc(O[C@H](C)Cc3ccccc3)c12.S. The van der Waals surface area contributed by atoms with Crippen LogP contribution < -0.4 is 46.1 Å². The molecule has 17 aromatic heterocycles. The molecule has 1 aliphatic carbocycles. The summed E-state index contributed by atoms with van der Waals surface area (Å²) in [6, 6.07) is 44.9. The third-order valence-corrected chi connectivity index (χ3v) is 24.4. The van der Waals surface area contributed by atoms with Gasteiger partial charge >= 0.3 is 0 Å². The highest BCUT2D eigenvalue weighted by molar-refractivity contribution is 7.59. The van der Waals surface area contributed by atoms with E-state index in [1.54, 1.807) is 68.0 Å². The molecule has 2 aliphatic rings. The summed E-state index contributed by atoms with van der Waals surface area (Å²) in [5.41, 5.74) is 18.6. The number of ether oxygens (including phenoxy) is 4. The van der Waals surface area contributed by atoms with Crippen LogP contribution in [0, 0.1) is 61.3 Å². The summed E-state index contributed by atoms with van der Waals surface area (Å²) in [5, 5.41) is 94.0. The van der Waals surface area contributed by atoms with Crippen LogP contribution in [0.4, 0.5) is 34.8 Å². The molecule has 18 heterocycles. The molecule has 143 heavy (non-hydrogen) atoms. The Labute approximate surface area is 842 Å². The van der Waals surface area contributed by atoms with E-state index in [0.29, 0.717) is 66.1 Å². The van der Waals surface area contributed by atoms with Gasteiger partial charge in [0, 0.05) is 160 Å². The molecule has 37 nitrogen and oxygen atoms in total. The topological polar surface area (TPSA) is 492 Å². The maximum Gasteiger partial charge on any atom is 0.225 e. The molecule has 1 amide bonds. The summed E-state index contributed by atoms with van der Waals surface area (Å²) < 4.78 is 28.9. The molecule has 1 unspecified atom stereocenters. The average Bonchev–Trinajstić information content (AvgIpc) is 1.66. The van der Waals surface area contributed by atoms with Crippen LogP contribution in [-0.4, -0.2) is 196 Å². The molecule has 22 rings (SSSR count). The molecule has 0 radical (unpaired) electrons. The summed E-state index contributed by atoms with van der Waals surface area (Å²) in [5.74, 6) is 7.58. The highest BCUT2D eigenvalue weighted by atomic mass is 35.5. The third kappa shape index (κ3) is 27.5. The Morgan fingerprint density at radius 2 is 0.825 bits per heavy atom. The molecule has 0 spiro atoms. The van der Waals surface area contributed by atoms with E-state index in [-0.39, 0.29) is 38.2 Å². The van der Waals surface area contributed by atoms with Gasteiger partial charge in [-0.05, 0) is 204 Å². The van der Waals surface area contributed by atoms with Gasteiger partial charge in [0.1, 0.15) is 53.2 Å². The summed E-state index contributed by atoms with van der Waals surface area (Å²) in [6.45, 7) is 28.1. The number of fused-ring (bicyclic) bond motifs is 8. The third-order valence-electron chi connectivity index (χ3n) is 23.6. The quantitative estimate of drug-likeness (QED) is 0.0224. The first-order chi connectivity index (χ1) is 69.1. The lowest BCUT2D eigenvalue weighted by Gasteiger charge is -2.17. The molecule has 2 fully saturated rings. The molecule has 0 bridgehead atoms. The first-order valence-corrected chi connectivity index (χ1v) is 48.0. The Bertz CT molecular complexity index is 7320. The smallest absolute Gasteiger partial charge is 0.225 e. The average molecular weight is 1990 g/mol. The minimum Gasteiger partial charge on any atom is -0.474 e. The molecule has 15 N–H and O–H groups in total. The number of aliphatic hydroxyl groups excluding tert-OH is 1.